The number of ether oxygens (including phenoxy) is 1. The number of benzene rings is 2. The molecule has 2 rings (SSSR count). The van der Waals surface area contributed by atoms with E-state index in [1.807, 2.05) is 4.72 Å². The lowest BCUT2D eigenvalue weighted by atomic mass is 10.3. The molecule has 0 radical (unpaired) electrons. The van der Waals surface area contributed by atoms with Crippen molar-refractivity contribution < 1.29 is 27.1 Å². The number of hydrogen-bond acceptors (Lipinski definition) is 5. The van der Waals surface area contributed by atoms with Gasteiger partial charge in [-0.3, -0.25) is 9.59 Å². The summed E-state index contributed by atoms with van der Waals surface area (Å²) in [6.07, 6.45) is 0. The van der Waals surface area contributed by atoms with Crippen molar-refractivity contribution in [3.63, 3.8) is 0 Å². The molecule has 0 unspecified atom stereocenters. The summed E-state index contributed by atoms with van der Waals surface area (Å²) in [7, 11) is -4.06. The molecule has 0 aromatic heterocycles. The van der Waals surface area contributed by atoms with Gasteiger partial charge in [0.25, 0.3) is 5.91 Å². The Hall–Kier alpha value is -2.78. The molecule has 0 aliphatic carbocycles. The van der Waals surface area contributed by atoms with Crippen LogP contribution in [0.1, 0.15) is 0 Å². The van der Waals surface area contributed by atoms with Crippen LogP contribution in [-0.4, -0.2) is 33.4 Å². The molecular formula is C16H15FN2O5S. The standard InChI is InChI=1S/C16H15FN2O5S/c17-12-5-4-8-14(9-12)25(22,23)18-10-16(21)24-11-15(20)19-13-6-2-1-3-7-13/h1-9,18H,10-11H2,(H,19,20). The van der Waals surface area contributed by atoms with E-state index in [0.29, 0.717) is 5.69 Å². The molecule has 0 fully saturated rings. The van der Waals surface area contributed by atoms with Crippen LogP contribution in [0.5, 0.6) is 0 Å². The number of para-hydroxylation sites is 1. The fourth-order valence-electron chi connectivity index (χ4n) is 1.79. The summed E-state index contributed by atoms with van der Waals surface area (Å²) in [6, 6.07) is 12.9. The first-order chi connectivity index (χ1) is 11.9. The topological polar surface area (TPSA) is 102 Å². The molecule has 0 heterocycles. The van der Waals surface area contributed by atoms with Gasteiger partial charge >= 0.3 is 5.97 Å². The second kappa shape index (κ2) is 8.36. The van der Waals surface area contributed by atoms with E-state index in [0.717, 1.165) is 12.1 Å². The lowest BCUT2D eigenvalue weighted by Crippen LogP contribution is -2.32. The van der Waals surface area contributed by atoms with Crippen molar-refractivity contribution in [1.29, 1.82) is 0 Å². The molecule has 132 valence electrons. The van der Waals surface area contributed by atoms with Gasteiger partial charge in [0.05, 0.1) is 4.90 Å². The van der Waals surface area contributed by atoms with Crippen molar-refractivity contribution in [3.8, 4) is 0 Å². The quantitative estimate of drug-likeness (QED) is 0.719. The summed E-state index contributed by atoms with van der Waals surface area (Å²) in [5.41, 5.74) is 0.537. The van der Waals surface area contributed by atoms with Crippen molar-refractivity contribution in [2.24, 2.45) is 0 Å². The molecule has 25 heavy (non-hydrogen) atoms. The van der Waals surface area contributed by atoms with Crippen LogP contribution >= 0.6 is 0 Å². The van der Waals surface area contributed by atoms with Crippen molar-refractivity contribution in [2.75, 3.05) is 18.5 Å². The van der Waals surface area contributed by atoms with E-state index in [1.54, 1.807) is 30.3 Å². The van der Waals surface area contributed by atoms with Crippen LogP contribution in [0.15, 0.2) is 59.5 Å². The van der Waals surface area contributed by atoms with E-state index >= 15 is 0 Å². The molecular weight excluding hydrogens is 351 g/mol. The zero-order chi connectivity index (χ0) is 18.3. The van der Waals surface area contributed by atoms with E-state index in [-0.39, 0.29) is 4.90 Å². The number of carbonyl (C=O) groups is 2. The summed E-state index contributed by atoms with van der Waals surface area (Å²) in [6.45, 7) is -1.24. The second-order valence-corrected chi connectivity index (χ2v) is 6.62. The Morgan fingerprint density at radius 1 is 1.04 bits per heavy atom. The van der Waals surface area contributed by atoms with Gasteiger partial charge in [-0.05, 0) is 30.3 Å². The lowest BCUT2D eigenvalue weighted by molar-refractivity contribution is -0.146. The molecule has 7 nitrogen and oxygen atoms in total. The number of esters is 1. The van der Waals surface area contributed by atoms with Crippen LogP contribution < -0.4 is 10.0 Å². The Morgan fingerprint density at radius 2 is 1.76 bits per heavy atom. The highest BCUT2D eigenvalue weighted by atomic mass is 32.2. The Kier molecular flexibility index (Phi) is 6.20. The molecule has 2 aromatic carbocycles. The monoisotopic (exact) mass is 366 g/mol. The van der Waals surface area contributed by atoms with Gasteiger partial charge in [0.15, 0.2) is 6.61 Å². The molecule has 2 N–H and O–H groups in total. The van der Waals surface area contributed by atoms with E-state index in [1.165, 1.54) is 12.1 Å². The van der Waals surface area contributed by atoms with Crippen molar-refractivity contribution in [3.05, 3.63) is 60.4 Å². The minimum Gasteiger partial charge on any atom is -0.455 e. The lowest BCUT2D eigenvalue weighted by Gasteiger charge is -2.08. The average Bonchev–Trinajstić information content (AvgIpc) is 2.59. The zero-order valence-corrected chi connectivity index (χ0v) is 13.8. The van der Waals surface area contributed by atoms with Gasteiger partial charge in [-0.2, -0.15) is 4.72 Å². The first-order valence-electron chi connectivity index (χ1n) is 7.12. The zero-order valence-electron chi connectivity index (χ0n) is 12.9. The highest BCUT2D eigenvalue weighted by Gasteiger charge is 2.17. The van der Waals surface area contributed by atoms with Crippen LogP contribution in [0.25, 0.3) is 0 Å². The Bertz CT molecular complexity index is 856. The summed E-state index contributed by atoms with van der Waals surface area (Å²) in [5.74, 6) is -2.22. The van der Waals surface area contributed by atoms with Gasteiger partial charge in [-0.1, -0.05) is 24.3 Å². The minimum absolute atomic E-state index is 0.317. The number of hydrogen-bond donors (Lipinski definition) is 2. The smallest absolute Gasteiger partial charge is 0.321 e. The third kappa shape index (κ3) is 5.98. The van der Waals surface area contributed by atoms with Crippen LogP contribution in [0, 0.1) is 5.82 Å². The van der Waals surface area contributed by atoms with E-state index in [9.17, 15) is 22.4 Å². The van der Waals surface area contributed by atoms with Crippen molar-refractivity contribution >= 4 is 27.6 Å². The predicted molar refractivity (Wildman–Crippen MR) is 87.6 cm³/mol. The predicted octanol–water partition coefficient (Wildman–Crippen LogP) is 1.29. The molecule has 0 aliphatic rings. The van der Waals surface area contributed by atoms with Crippen molar-refractivity contribution in [1.82, 2.24) is 4.72 Å². The molecule has 0 bridgehead atoms. The minimum atomic E-state index is -4.06. The van der Waals surface area contributed by atoms with Gasteiger partial charge in [-0.25, -0.2) is 12.8 Å². The number of anilines is 1. The highest BCUT2D eigenvalue weighted by Crippen LogP contribution is 2.10. The third-order valence-electron chi connectivity index (χ3n) is 2.93. The van der Waals surface area contributed by atoms with Gasteiger partial charge in [-0.15, -0.1) is 0 Å². The molecule has 1 amide bonds. The molecule has 9 heteroatoms. The number of rotatable bonds is 7. The Labute approximate surface area is 143 Å². The van der Waals surface area contributed by atoms with Crippen LogP contribution in [0.3, 0.4) is 0 Å². The largest absolute Gasteiger partial charge is 0.455 e. The Morgan fingerprint density at radius 3 is 2.44 bits per heavy atom. The maximum absolute atomic E-state index is 13.1. The summed E-state index contributed by atoms with van der Waals surface area (Å²) in [5, 5.41) is 2.51. The number of amides is 1. The molecule has 2 aromatic rings. The van der Waals surface area contributed by atoms with Gasteiger partial charge in [0, 0.05) is 5.69 Å². The average molecular weight is 366 g/mol. The third-order valence-corrected chi connectivity index (χ3v) is 4.33. The fraction of sp³-hybridized carbons (Fsp3) is 0.125. The molecule has 0 saturated heterocycles. The van der Waals surface area contributed by atoms with E-state index in [4.69, 9.17) is 0 Å². The van der Waals surface area contributed by atoms with Crippen LogP contribution in [0.4, 0.5) is 10.1 Å². The summed E-state index contributed by atoms with van der Waals surface area (Å²) in [4.78, 5) is 22.8. The molecule has 0 atom stereocenters. The van der Waals surface area contributed by atoms with Crippen LogP contribution in [0.2, 0.25) is 0 Å². The normalized spacial score (nSPS) is 10.9. The second-order valence-electron chi connectivity index (χ2n) is 4.86. The molecule has 0 saturated carbocycles. The van der Waals surface area contributed by atoms with Gasteiger partial charge < -0.3 is 10.1 Å². The Balaban J connectivity index is 1.79. The van der Waals surface area contributed by atoms with Crippen molar-refractivity contribution in [2.45, 2.75) is 4.90 Å². The maximum atomic E-state index is 13.1. The molecule has 0 aliphatic heterocycles. The molecule has 0 spiro atoms. The van der Waals surface area contributed by atoms with Gasteiger partial charge in [0.1, 0.15) is 12.4 Å². The number of carbonyl (C=O) groups excluding carboxylic acids is 2. The fourth-order valence-corrected chi connectivity index (χ4v) is 2.79. The number of halogens is 1. The maximum Gasteiger partial charge on any atom is 0.321 e. The SMILES string of the molecule is O=C(COC(=O)CNS(=O)(=O)c1cccc(F)c1)Nc1ccccc1. The summed E-state index contributed by atoms with van der Waals surface area (Å²) >= 11 is 0. The number of sulfonamides is 1. The van der Waals surface area contributed by atoms with E-state index < -0.39 is 40.9 Å². The van der Waals surface area contributed by atoms with E-state index in [2.05, 4.69) is 10.1 Å². The summed E-state index contributed by atoms with van der Waals surface area (Å²) < 4.78 is 43.5. The first-order valence-corrected chi connectivity index (χ1v) is 8.61. The van der Waals surface area contributed by atoms with Gasteiger partial charge in [0.2, 0.25) is 10.0 Å². The number of nitrogens with one attached hydrogen (secondary N) is 2. The first kappa shape index (κ1) is 18.6. The van der Waals surface area contributed by atoms with Crippen LogP contribution in [-0.2, 0) is 24.3 Å². The highest BCUT2D eigenvalue weighted by molar-refractivity contribution is 7.89.